The van der Waals surface area contributed by atoms with Gasteiger partial charge in [-0.15, -0.1) is 11.3 Å². The molecule has 1 atom stereocenters. The van der Waals surface area contributed by atoms with Crippen LogP contribution in [0.4, 0.5) is 0 Å². The molecule has 0 radical (unpaired) electrons. The molecule has 1 unspecified atom stereocenters. The van der Waals surface area contributed by atoms with Crippen LogP contribution in [0.2, 0.25) is 4.34 Å². The molecule has 0 aliphatic carbocycles. The van der Waals surface area contributed by atoms with E-state index in [2.05, 4.69) is 5.43 Å². The number of thiophene rings is 1. The van der Waals surface area contributed by atoms with Crippen LogP contribution in [0.25, 0.3) is 0 Å². The van der Waals surface area contributed by atoms with Crippen molar-refractivity contribution in [2.24, 2.45) is 5.84 Å². The van der Waals surface area contributed by atoms with Gasteiger partial charge in [-0.05, 0) is 29.8 Å². The van der Waals surface area contributed by atoms with Crippen molar-refractivity contribution in [3.63, 3.8) is 0 Å². The first kappa shape index (κ1) is 13.7. The summed E-state index contributed by atoms with van der Waals surface area (Å²) in [4.78, 5) is 1.19. The van der Waals surface area contributed by atoms with Gasteiger partial charge in [-0.1, -0.05) is 17.7 Å². The predicted octanol–water partition coefficient (Wildman–Crippen LogP) is 2.92. The zero-order valence-corrected chi connectivity index (χ0v) is 12.3. The fraction of sp³-hybridized carbons (Fsp3) is 0.286. The van der Waals surface area contributed by atoms with Crippen LogP contribution in [0, 0.1) is 0 Å². The van der Waals surface area contributed by atoms with Crippen LogP contribution < -0.4 is 20.7 Å². The van der Waals surface area contributed by atoms with Crippen molar-refractivity contribution >= 4 is 22.9 Å². The summed E-state index contributed by atoms with van der Waals surface area (Å²) in [6, 6.07) is 9.85. The third-order valence-electron chi connectivity index (χ3n) is 3.20. The number of hydrogen-bond acceptors (Lipinski definition) is 5. The number of halogens is 1. The third-order valence-corrected chi connectivity index (χ3v) is 4.46. The molecule has 1 aromatic heterocycles. The molecule has 106 valence electrons. The lowest BCUT2D eigenvalue weighted by atomic mass is 10.0. The summed E-state index contributed by atoms with van der Waals surface area (Å²) in [5.74, 6) is 7.25. The molecule has 4 nitrogen and oxygen atoms in total. The van der Waals surface area contributed by atoms with E-state index in [4.69, 9.17) is 26.9 Å². The standard InChI is InChI=1S/C14H15ClN2O2S/c15-14-4-2-10(20-14)8-11(17-16)9-1-3-12-13(7-9)19-6-5-18-12/h1-4,7,11,17H,5-6,8,16H2. The zero-order chi connectivity index (χ0) is 13.9. The van der Waals surface area contributed by atoms with Gasteiger partial charge in [-0.25, -0.2) is 0 Å². The smallest absolute Gasteiger partial charge is 0.161 e. The van der Waals surface area contributed by atoms with Gasteiger partial charge in [0.05, 0.1) is 10.4 Å². The zero-order valence-electron chi connectivity index (χ0n) is 10.8. The molecule has 3 rings (SSSR count). The molecule has 20 heavy (non-hydrogen) atoms. The molecule has 0 fully saturated rings. The SMILES string of the molecule is NNC(Cc1ccc(Cl)s1)c1ccc2c(c1)OCCO2. The first-order valence-corrected chi connectivity index (χ1v) is 7.55. The Morgan fingerprint density at radius 3 is 2.70 bits per heavy atom. The van der Waals surface area contributed by atoms with Crippen LogP contribution in [-0.2, 0) is 6.42 Å². The molecular formula is C14H15ClN2O2S. The summed E-state index contributed by atoms with van der Waals surface area (Å²) in [6.07, 6.45) is 0.785. The molecule has 0 saturated carbocycles. The third kappa shape index (κ3) is 2.91. The molecule has 2 heterocycles. The monoisotopic (exact) mass is 310 g/mol. The minimum Gasteiger partial charge on any atom is -0.486 e. The molecule has 6 heteroatoms. The van der Waals surface area contributed by atoms with E-state index in [1.807, 2.05) is 30.3 Å². The number of benzene rings is 1. The van der Waals surface area contributed by atoms with E-state index in [-0.39, 0.29) is 6.04 Å². The van der Waals surface area contributed by atoms with E-state index in [9.17, 15) is 0 Å². The molecule has 2 aromatic rings. The van der Waals surface area contributed by atoms with Crippen molar-refractivity contribution < 1.29 is 9.47 Å². The molecule has 0 amide bonds. The molecule has 3 N–H and O–H groups in total. The Labute approximate surface area is 126 Å². The summed E-state index contributed by atoms with van der Waals surface area (Å²) in [5.41, 5.74) is 3.92. The largest absolute Gasteiger partial charge is 0.486 e. The number of nitrogens with two attached hydrogens (primary N) is 1. The average Bonchev–Trinajstić information content (AvgIpc) is 2.89. The van der Waals surface area contributed by atoms with Gasteiger partial charge in [0.15, 0.2) is 11.5 Å². The summed E-state index contributed by atoms with van der Waals surface area (Å²) >= 11 is 7.53. The molecule has 1 aliphatic heterocycles. The Hall–Kier alpha value is -1.27. The second kappa shape index (κ2) is 6.01. The number of nitrogens with one attached hydrogen (secondary N) is 1. The van der Waals surface area contributed by atoms with Crippen LogP contribution in [0.1, 0.15) is 16.5 Å². The van der Waals surface area contributed by atoms with E-state index in [0.717, 1.165) is 27.8 Å². The lowest BCUT2D eigenvalue weighted by molar-refractivity contribution is 0.171. The predicted molar refractivity (Wildman–Crippen MR) is 80.5 cm³/mol. The van der Waals surface area contributed by atoms with Gasteiger partial charge in [0.1, 0.15) is 13.2 Å². The van der Waals surface area contributed by atoms with E-state index in [0.29, 0.717) is 13.2 Å². The van der Waals surface area contributed by atoms with Crippen molar-refractivity contribution in [3.8, 4) is 11.5 Å². The fourth-order valence-electron chi connectivity index (χ4n) is 2.21. The van der Waals surface area contributed by atoms with Crippen LogP contribution in [0.15, 0.2) is 30.3 Å². The summed E-state index contributed by atoms with van der Waals surface area (Å²) in [5, 5.41) is 0. The van der Waals surface area contributed by atoms with Crippen molar-refractivity contribution in [1.82, 2.24) is 5.43 Å². The highest BCUT2D eigenvalue weighted by Gasteiger charge is 2.17. The molecule has 0 saturated heterocycles. The average molecular weight is 311 g/mol. The van der Waals surface area contributed by atoms with Gasteiger partial charge < -0.3 is 9.47 Å². The number of fused-ring (bicyclic) bond motifs is 1. The minimum absolute atomic E-state index is 0.0144. The van der Waals surface area contributed by atoms with Gasteiger partial charge >= 0.3 is 0 Å². The van der Waals surface area contributed by atoms with E-state index < -0.39 is 0 Å². The molecule has 0 spiro atoms. The normalized spacial score (nSPS) is 15.1. The van der Waals surface area contributed by atoms with Crippen LogP contribution in [0.5, 0.6) is 11.5 Å². The van der Waals surface area contributed by atoms with Gasteiger partial charge in [0, 0.05) is 11.3 Å². The maximum Gasteiger partial charge on any atom is 0.161 e. The Kier molecular flexibility index (Phi) is 4.12. The Morgan fingerprint density at radius 2 is 2.00 bits per heavy atom. The number of hydrazine groups is 1. The number of hydrogen-bond donors (Lipinski definition) is 2. The fourth-order valence-corrected chi connectivity index (χ4v) is 3.35. The van der Waals surface area contributed by atoms with Gasteiger partial charge in [-0.3, -0.25) is 11.3 Å². The van der Waals surface area contributed by atoms with Crippen molar-refractivity contribution in [3.05, 3.63) is 45.1 Å². The second-order valence-corrected chi connectivity index (χ2v) is 6.33. The molecule has 0 bridgehead atoms. The Morgan fingerprint density at radius 1 is 1.20 bits per heavy atom. The first-order valence-electron chi connectivity index (χ1n) is 6.36. The summed E-state index contributed by atoms with van der Waals surface area (Å²) in [6.45, 7) is 1.18. The van der Waals surface area contributed by atoms with Gasteiger partial charge in [0.25, 0.3) is 0 Å². The quantitative estimate of drug-likeness (QED) is 0.673. The van der Waals surface area contributed by atoms with Crippen LogP contribution in [0.3, 0.4) is 0 Å². The van der Waals surface area contributed by atoms with E-state index >= 15 is 0 Å². The highest BCUT2D eigenvalue weighted by molar-refractivity contribution is 7.16. The van der Waals surface area contributed by atoms with Crippen molar-refractivity contribution in [2.75, 3.05) is 13.2 Å². The number of ether oxygens (including phenoxy) is 2. The van der Waals surface area contributed by atoms with E-state index in [1.54, 1.807) is 11.3 Å². The first-order chi connectivity index (χ1) is 9.76. The minimum atomic E-state index is 0.0144. The van der Waals surface area contributed by atoms with Gasteiger partial charge in [-0.2, -0.15) is 0 Å². The van der Waals surface area contributed by atoms with Crippen LogP contribution in [-0.4, -0.2) is 13.2 Å². The highest BCUT2D eigenvalue weighted by atomic mass is 35.5. The molecule has 1 aromatic carbocycles. The topological polar surface area (TPSA) is 56.5 Å². The van der Waals surface area contributed by atoms with Gasteiger partial charge in [0.2, 0.25) is 0 Å². The van der Waals surface area contributed by atoms with Crippen LogP contribution >= 0.6 is 22.9 Å². The van der Waals surface area contributed by atoms with Crippen molar-refractivity contribution in [2.45, 2.75) is 12.5 Å². The lowest BCUT2D eigenvalue weighted by Gasteiger charge is -2.21. The molecular weight excluding hydrogens is 296 g/mol. The lowest BCUT2D eigenvalue weighted by Crippen LogP contribution is -2.29. The maximum atomic E-state index is 5.96. The second-order valence-electron chi connectivity index (χ2n) is 4.53. The van der Waals surface area contributed by atoms with E-state index in [1.165, 1.54) is 4.88 Å². The number of rotatable bonds is 4. The highest BCUT2D eigenvalue weighted by Crippen LogP contribution is 2.34. The maximum absolute atomic E-state index is 5.96. The van der Waals surface area contributed by atoms with Crippen molar-refractivity contribution in [1.29, 1.82) is 0 Å². The molecule has 1 aliphatic rings. The Bertz CT molecular complexity index is 603. The Balaban J connectivity index is 1.81. The summed E-state index contributed by atoms with van der Waals surface area (Å²) in [7, 11) is 0. The summed E-state index contributed by atoms with van der Waals surface area (Å²) < 4.78 is 11.9.